The second kappa shape index (κ2) is 13.6. The summed E-state index contributed by atoms with van der Waals surface area (Å²) >= 11 is 0. The normalized spacial score (nSPS) is 23.0. The second-order valence-corrected chi connectivity index (χ2v) is 13.9. The average Bonchev–Trinajstić information content (AvgIpc) is 3.77. The third kappa shape index (κ3) is 7.57. The van der Waals surface area contributed by atoms with Gasteiger partial charge in [-0.3, -0.25) is 19.2 Å². The summed E-state index contributed by atoms with van der Waals surface area (Å²) in [6.07, 6.45) is 4.05. The van der Waals surface area contributed by atoms with Gasteiger partial charge in [0, 0.05) is 29.8 Å². The molecule has 3 heterocycles. The Kier molecular flexibility index (Phi) is 9.48. The number of nitrogens with zero attached hydrogens (tertiary/aromatic N) is 1. The van der Waals surface area contributed by atoms with Gasteiger partial charge in [-0.2, -0.15) is 0 Å². The Labute approximate surface area is 274 Å². The van der Waals surface area contributed by atoms with E-state index in [4.69, 9.17) is 18.9 Å². The van der Waals surface area contributed by atoms with Crippen molar-refractivity contribution in [1.29, 1.82) is 0 Å². The van der Waals surface area contributed by atoms with E-state index in [1.807, 2.05) is 12.1 Å². The summed E-state index contributed by atoms with van der Waals surface area (Å²) < 4.78 is 22.1. The van der Waals surface area contributed by atoms with Crippen LogP contribution in [-0.4, -0.2) is 78.0 Å². The van der Waals surface area contributed by atoms with Gasteiger partial charge in [0.05, 0.1) is 19.6 Å². The van der Waals surface area contributed by atoms with E-state index in [1.165, 1.54) is 0 Å². The van der Waals surface area contributed by atoms with Crippen LogP contribution in [0.15, 0.2) is 36.4 Å². The van der Waals surface area contributed by atoms with Gasteiger partial charge in [-0.05, 0) is 93.2 Å². The lowest BCUT2D eigenvalue weighted by Crippen LogP contribution is -2.43. The quantitative estimate of drug-likeness (QED) is 0.231. The number of rotatable bonds is 9. The highest BCUT2D eigenvalue weighted by Crippen LogP contribution is 2.36. The zero-order valence-corrected chi connectivity index (χ0v) is 27.2. The number of piperidine rings is 1. The van der Waals surface area contributed by atoms with E-state index >= 15 is 0 Å². The van der Waals surface area contributed by atoms with Crippen LogP contribution < -0.4 is 5.32 Å². The van der Waals surface area contributed by atoms with Crippen molar-refractivity contribution in [1.82, 2.24) is 10.2 Å². The summed E-state index contributed by atoms with van der Waals surface area (Å²) in [5.41, 5.74) is 3.56. The number of hydrogen-bond donors (Lipinski definition) is 1. The lowest BCUT2D eigenvalue weighted by molar-refractivity contribution is -0.146. The first-order valence-corrected chi connectivity index (χ1v) is 16.4. The van der Waals surface area contributed by atoms with Crippen molar-refractivity contribution in [2.45, 2.75) is 96.2 Å². The summed E-state index contributed by atoms with van der Waals surface area (Å²) in [5.74, 6) is -1.25. The molecule has 3 fully saturated rings. The molecule has 2 aromatic carbocycles. The van der Waals surface area contributed by atoms with Crippen LogP contribution in [0.1, 0.15) is 91.1 Å². The molecule has 2 saturated heterocycles. The number of carbonyl (C=O) groups excluding carboxylic acids is 5. The maximum absolute atomic E-state index is 13.0. The Morgan fingerprint density at radius 3 is 2.09 bits per heavy atom. The zero-order valence-electron chi connectivity index (χ0n) is 27.2. The standard InChI is InChI=1S/C36H42N2O9/c1-36(2,3)47-35(43)38-12-4-5-27(38)16-32(41)45-19-30(39)21-7-10-28-24(13-21)17-44-18-25-14-22(8-11-29(25)28)31(40)20-46-34(42)33-23-6-9-26(15-23)37-33/h7-8,10-11,13-14,23,26-27,33,37H,4-6,9,12,15-20H2,1-3H3/t23-,26+,27-,33-/m0/s1. The molecule has 1 N–H and O–H groups in total. The smallest absolute Gasteiger partial charge is 0.410 e. The fourth-order valence-electron chi connectivity index (χ4n) is 7.09. The molecule has 0 radical (unpaired) electrons. The molecular weight excluding hydrogens is 604 g/mol. The van der Waals surface area contributed by atoms with E-state index in [2.05, 4.69) is 5.32 Å². The van der Waals surface area contributed by atoms with Crippen molar-refractivity contribution in [2.24, 2.45) is 5.92 Å². The largest absolute Gasteiger partial charge is 0.457 e. The molecule has 1 saturated carbocycles. The second-order valence-electron chi connectivity index (χ2n) is 13.9. The molecule has 4 atom stereocenters. The Bertz CT molecular complexity index is 1580. The molecule has 11 heteroatoms. The Morgan fingerprint density at radius 2 is 1.51 bits per heavy atom. The van der Waals surface area contributed by atoms with E-state index < -0.39 is 24.3 Å². The predicted octanol–water partition coefficient (Wildman–Crippen LogP) is 4.77. The van der Waals surface area contributed by atoms with Gasteiger partial charge in [0.15, 0.2) is 24.8 Å². The molecule has 6 rings (SSSR count). The topological polar surface area (TPSA) is 138 Å². The summed E-state index contributed by atoms with van der Waals surface area (Å²) in [4.78, 5) is 65.2. The van der Waals surface area contributed by atoms with Crippen LogP contribution in [0.5, 0.6) is 0 Å². The highest BCUT2D eigenvalue weighted by Gasteiger charge is 2.43. The molecule has 2 bridgehead atoms. The third-order valence-electron chi connectivity index (χ3n) is 9.39. The van der Waals surface area contributed by atoms with E-state index in [9.17, 15) is 24.0 Å². The molecule has 11 nitrogen and oxygen atoms in total. The molecule has 0 aromatic heterocycles. The van der Waals surface area contributed by atoms with Gasteiger partial charge in [-0.25, -0.2) is 4.79 Å². The molecule has 0 spiro atoms. The number of amides is 1. The number of esters is 2. The number of nitrogens with one attached hydrogen (secondary N) is 1. The number of benzene rings is 2. The van der Waals surface area contributed by atoms with Crippen molar-refractivity contribution < 1.29 is 42.9 Å². The van der Waals surface area contributed by atoms with Crippen LogP contribution in [0.25, 0.3) is 11.1 Å². The minimum Gasteiger partial charge on any atom is -0.457 e. The van der Waals surface area contributed by atoms with Crippen LogP contribution in [0, 0.1) is 5.92 Å². The molecule has 0 unspecified atom stereocenters. The van der Waals surface area contributed by atoms with E-state index in [0.717, 1.165) is 47.9 Å². The van der Waals surface area contributed by atoms with Gasteiger partial charge in [-0.15, -0.1) is 0 Å². The van der Waals surface area contributed by atoms with Crippen molar-refractivity contribution in [3.05, 3.63) is 58.7 Å². The minimum atomic E-state index is -0.635. The number of ketones is 2. The van der Waals surface area contributed by atoms with Gasteiger partial charge < -0.3 is 29.2 Å². The summed E-state index contributed by atoms with van der Waals surface area (Å²) in [7, 11) is 0. The third-order valence-corrected chi connectivity index (χ3v) is 9.39. The van der Waals surface area contributed by atoms with Gasteiger partial charge in [0.2, 0.25) is 0 Å². The van der Waals surface area contributed by atoms with Gasteiger partial charge in [0.1, 0.15) is 11.6 Å². The lowest BCUT2D eigenvalue weighted by Gasteiger charge is -2.28. The first-order chi connectivity index (χ1) is 22.4. The predicted molar refractivity (Wildman–Crippen MR) is 170 cm³/mol. The van der Waals surface area contributed by atoms with E-state index in [-0.39, 0.29) is 55.9 Å². The Balaban J connectivity index is 1.04. The van der Waals surface area contributed by atoms with Crippen LogP contribution in [0.2, 0.25) is 0 Å². The number of hydrogen-bond acceptors (Lipinski definition) is 10. The summed E-state index contributed by atoms with van der Waals surface area (Å²) in [6.45, 7) is 5.68. The first kappa shape index (κ1) is 32.8. The molecule has 47 heavy (non-hydrogen) atoms. The first-order valence-electron chi connectivity index (χ1n) is 16.4. The Hall–Kier alpha value is -4.09. The monoisotopic (exact) mass is 646 g/mol. The van der Waals surface area contributed by atoms with Crippen molar-refractivity contribution >= 4 is 29.6 Å². The number of Topliss-reactive ketones (excluding diaryl/α,β-unsaturated/α-hetero) is 2. The number of likely N-dealkylation sites (tertiary alicyclic amines) is 1. The maximum Gasteiger partial charge on any atom is 0.410 e. The lowest BCUT2D eigenvalue weighted by atomic mass is 9.93. The highest BCUT2D eigenvalue weighted by atomic mass is 16.6. The molecular formula is C36H42N2O9. The van der Waals surface area contributed by atoms with Crippen LogP contribution in [0.4, 0.5) is 4.79 Å². The maximum atomic E-state index is 13.0. The average molecular weight is 647 g/mol. The van der Waals surface area contributed by atoms with Crippen LogP contribution >= 0.6 is 0 Å². The number of ether oxygens (including phenoxy) is 4. The number of fused-ring (bicyclic) bond motifs is 5. The van der Waals surface area contributed by atoms with Crippen molar-refractivity contribution in [2.75, 3.05) is 19.8 Å². The van der Waals surface area contributed by atoms with E-state index in [0.29, 0.717) is 36.1 Å². The SMILES string of the molecule is CC(C)(C)OC(=O)N1CCC[C@H]1CC(=O)OCC(=O)c1ccc2c(c1)COCc1cc(C(=O)COC(=O)[C@H]3N[C@@H]4CC[C@H]3C4)ccc1-2. The molecule has 4 aliphatic rings. The highest BCUT2D eigenvalue weighted by molar-refractivity contribution is 6.00. The summed E-state index contributed by atoms with van der Waals surface area (Å²) in [5, 5.41) is 3.30. The number of carbonyl (C=O) groups is 5. The molecule has 1 amide bonds. The van der Waals surface area contributed by atoms with Crippen molar-refractivity contribution in [3.8, 4) is 11.1 Å². The minimum absolute atomic E-state index is 0.00707. The molecule has 2 aromatic rings. The van der Waals surface area contributed by atoms with Crippen LogP contribution in [-0.2, 0) is 41.8 Å². The van der Waals surface area contributed by atoms with Gasteiger partial charge in [-0.1, -0.05) is 24.3 Å². The Morgan fingerprint density at radius 1 is 0.872 bits per heavy atom. The molecule has 1 aliphatic carbocycles. The van der Waals surface area contributed by atoms with Crippen molar-refractivity contribution in [3.63, 3.8) is 0 Å². The van der Waals surface area contributed by atoms with Gasteiger partial charge >= 0.3 is 18.0 Å². The summed E-state index contributed by atoms with van der Waals surface area (Å²) in [6, 6.07) is 10.3. The molecule has 250 valence electrons. The fourth-order valence-corrected chi connectivity index (χ4v) is 7.09. The van der Waals surface area contributed by atoms with Gasteiger partial charge in [0.25, 0.3) is 0 Å². The van der Waals surface area contributed by atoms with Crippen LogP contribution in [0.3, 0.4) is 0 Å². The zero-order chi connectivity index (χ0) is 33.3. The van der Waals surface area contributed by atoms with E-state index in [1.54, 1.807) is 49.9 Å². The molecule has 3 aliphatic heterocycles. The fraction of sp³-hybridized carbons (Fsp3) is 0.528.